The summed E-state index contributed by atoms with van der Waals surface area (Å²) in [6.45, 7) is 2.21. The first-order valence-corrected chi connectivity index (χ1v) is 4.51. The highest BCUT2D eigenvalue weighted by Gasteiger charge is 2.28. The molecule has 2 rings (SSSR count). The van der Waals surface area contributed by atoms with Crippen LogP contribution in [-0.2, 0) is 6.42 Å². The van der Waals surface area contributed by atoms with Crippen LogP contribution >= 0.6 is 0 Å². The van der Waals surface area contributed by atoms with Crippen molar-refractivity contribution in [3.8, 4) is 11.5 Å². The first-order valence-electron chi connectivity index (χ1n) is 4.51. The topological polar surface area (TPSA) is 18.5 Å². The molecule has 0 bridgehead atoms. The molecule has 70 valence electrons. The van der Waals surface area contributed by atoms with Gasteiger partial charge in [0.15, 0.2) is 11.5 Å². The van der Waals surface area contributed by atoms with Gasteiger partial charge in [0.2, 0.25) is 0 Å². The summed E-state index contributed by atoms with van der Waals surface area (Å²) >= 11 is 0. The van der Waals surface area contributed by atoms with Crippen molar-refractivity contribution >= 4 is 0 Å². The Bertz CT molecular complexity index is 331. The summed E-state index contributed by atoms with van der Waals surface area (Å²) in [5, 5.41) is 0. The molecule has 2 nitrogen and oxygen atoms in total. The smallest absolute Gasteiger partial charge is 0.164 e. The molecule has 1 aliphatic carbocycles. The summed E-state index contributed by atoms with van der Waals surface area (Å²) in [7, 11) is 3.37. The Morgan fingerprint density at radius 3 is 2.54 bits per heavy atom. The van der Waals surface area contributed by atoms with Crippen LogP contribution in [-0.4, -0.2) is 14.2 Å². The Hall–Kier alpha value is -1.18. The molecular formula is C11H14O2. The summed E-state index contributed by atoms with van der Waals surface area (Å²) in [6.07, 6.45) is 1.16. The highest BCUT2D eigenvalue weighted by atomic mass is 16.5. The van der Waals surface area contributed by atoms with Crippen molar-refractivity contribution in [3.63, 3.8) is 0 Å². The number of rotatable bonds is 2. The van der Waals surface area contributed by atoms with E-state index in [4.69, 9.17) is 9.47 Å². The number of methoxy groups -OCH3 is 2. The lowest BCUT2D eigenvalue weighted by Crippen LogP contribution is -2.15. The van der Waals surface area contributed by atoms with E-state index in [-0.39, 0.29) is 0 Å². The molecule has 0 saturated heterocycles. The molecule has 0 fully saturated rings. The normalized spacial score (nSPS) is 18.8. The van der Waals surface area contributed by atoms with E-state index in [9.17, 15) is 0 Å². The van der Waals surface area contributed by atoms with Gasteiger partial charge in [0, 0.05) is 5.56 Å². The fraction of sp³-hybridized carbons (Fsp3) is 0.455. The Balaban J connectivity index is 2.53. The van der Waals surface area contributed by atoms with Gasteiger partial charge in [-0.25, -0.2) is 0 Å². The van der Waals surface area contributed by atoms with E-state index in [1.54, 1.807) is 14.2 Å². The van der Waals surface area contributed by atoms with E-state index in [0.29, 0.717) is 5.92 Å². The van der Waals surface area contributed by atoms with Crippen LogP contribution in [0.15, 0.2) is 12.1 Å². The van der Waals surface area contributed by atoms with Crippen LogP contribution in [0.25, 0.3) is 0 Å². The third kappa shape index (κ3) is 1.09. The zero-order chi connectivity index (χ0) is 9.42. The Labute approximate surface area is 78.5 Å². The predicted molar refractivity (Wildman–Crippen MR) is 51.7 cm³/mol. The lowest BCUT2D eigenvalue weighted by molar-refractivity contribution is 0.345. The van der Waals surface area contributed by atoms with Crippen LogP contribution < -0.4 is 9.47 Å². The molecule has 0 amide bonds. The van der Waals surface area contributed by atoms with Crippen molar-refractivity contribution in [3.05, 3.63) is 23.3 Å². The molecule has 1 aromatic rings. The lowest BCUT2D eigenvalue weighted by atomic mass is 9.78. The summed E-state index contributed by atoms with van der Waals surface area (Å²) < 4.78 is 10.6. The van der Waals surface area contributed by atoms with Crippen LogP contribution in [0.3, 0.4) is 0 Å². The van der Waals surface area contributed by atoms with Crippen LogP contribution in [0.5, 0.6) is 11.5 Å². The minimum atomic E-state index is 0.611. The summed E-state index contributed by atoms with van der Waals surface area (Å²) in [6, 6.07) is 4.10. The standard InChI is InChI=1S/C11H14O2/c1-7-6-8-4-5-9(12-2)11(13-3)10(7)8/h4-5,7H,6H2,1-3H3. The predicted octanol–water partition coefficient (Wildman–Crippen LogP) is 2.36. The van der Waals surface area contributed by atoms with Crippen molar-refractivity contribution in [2.24, 2.45) is 0 Å². The van der Waals surface area contributed by atoms with Gasteiger partial charge in [-0.15, -0.1) is 0 Å². The van der Waals surface area contributed by atoms with Gasteiger partial charge in [0.1, 0.15) is 0 Å². The lowest BCUT2D eigenvalue weighted by Gasteiger charge is -2.29. The molecule has 1 unspecified atom stereocenters. The van der Waals surface area contributed by atoms with Gasteiger partial charge >= 0.3 is 0 Å². The van der Waals surface area contributed by atoms with Gasteiger partial charge in [0.05, 0.1) is 14.2 Å². The van der Waals surface area contributed by atoms with Gasteiger partial charge in [-0.3, -0.25) is 0 Å². The molecule has 0 aliphatic heterocycles. The van der Waals surface area contributed by atoms with Gasteiger partial charge in [0.25, 0.3) is 0 Å². The van der Waals surface area contributed by atoms with Crippen LogP contribution in [0.1, 0.15) is 24.0 Å². The average Bonchev–Trinajstić information content (AvgIpc) is 2.15. The number of ether oxygens (including phenoxy) is 2. The molecule has 0 saturated carbocycles. The van der Waals surface area contributed by atoms with E-state index >= 15 is 0 Å². The Morgan fingerprint density at radius 2 is 2.00 bits per heavy atom. The van der Waals surface area contributed by atoms with Gasteiger partial charge in [-0.1, -0.05) is 13.0 Å². The monoisotopic (exact) mass is 178 g/mol. The fourth-order valence-electron chi connectivity index (χ4n) is 2.01. The quantitative estimate of drug-likeness (QED) is 0.692. The molecule has 0 spiro atoms. The van der Waals surface area contributed by atoms with Crippen molar-refractivity contribution < 1.29 is 9.47 Å². The van der Waals surface area contributed by atoms with Crippen molar-refractivity contribution in [1.29, 1.82) is 0 Å². The van der Waals surface area contributed by atoms with Crippen molar-refractivity contribution in [2.75, 3.05) is 14.2 Å². The van der Waals surface area contributed by atoms with Crippen LogP contribution in [0.2, 0.25) is 0 Å². The minimum Gasteiger partial charge on any atom is -0.493 e. The molecule has 0 N–H and O–H groups in total. The number of benzene rings is 1. The van der Waals surface area contributed by atoms with E-state index in [0.717, 1.165) is 17.9 Å². The highest BCUT2D eigenvalue weighted by molar-refractivity contribution is 5.57. The fourth-order valence-corrected chi connectivity index (χ4v) is 2.01. The second kappa shape index (κ2) is 2.95. The highest BCUT2D eigenvalue weighted by Crippen LogP contribution is 2.45. The molecule has 1 aliphatic rings. The minimum absolute atomic E-state index is 0.611. The van der Waals surface area contributed by atoms with Crippen molar-refractivity contribution in [1.82, 2.24) is 0 Å². The molecule has 0 radical (unpaired) electrons. The zero-order valence-corrected chi connectivity index (χ0v) is 8.26. The molecule has 1 atom stereocenters. The Kier molecular flexibility index (Phi) is 1.91. The Morgan fingerprint density at radius 1 is 1.23 bits per heavy atom. The summed E-state index contributed by atoms with van der Waals surface area (Å²) in [5.74, 6) is 2.37. The zero-order valence-electron chi connectivity index (χ0n) is 8.26. The summed E-state index contributed by atoms with van der Waals surface area (Å²) in [4.78, 5) is 0. The molecule has 2 heteroatoms. The molecule has 1 aromatic carbocycles. The maximum atomic E-state index is 5.34. The molecule has 0 aromatic heterocycles. The number of hydrogen-bond acceptors (Lipinski definition) is 2. The maximum absolute atomic E-state index is 5.34. The van der Waals surface area contributed by atoms with Crippen molar-refractivity contribution in [2.45, 2.75) is 19.3 Å². The average molecular weight is 178 g/mol. The third-order valence-corrected chi connectivity index (χ3v) is 2.69. The second-order valence-electron chi connectivity index (χ2n) is 3.48. The van der Waals surface area contributed by atoms with Gasteiger partial charge < -0.3 is 9.47 Å². The summed E-state index contributed by atoms with van der Waals surface area (Å²) in [5.41, 5.74) is 2.71. The van der Waals surface area contributed by atoms with Gasteiger partial charge in [-0.2, -0.15) is 0 Å². The van der Waals surface area contributed by atoms with E-state index in [1.165, 1.54) is 11.1 Å². The van der Waals surface area contributed by atoms with E-state index in [2.05, 4.69) is 13.0 Å². The number of hydrogen-bond donors (Lipinski definition) is 0. The number of fused-ring (bicyclic) bond motifs is 1. The first-order chi connectivity index (χ1) is 6.27. The molecule has 13 heavy (non-hydrogen) atoms. The van der Waals surface area contributed by atoms with Crippen LogP contribution in [0.4, 0.5) is 0 Å². The van der Waals surface area contributed by atoms with E-state index in [1.807, 2.05) is 6.07 Å². The maximum Gasteiger partial charge on any atom is 0.164 e. The SMILES string of the molecule is COc1ccc2c(c1OC)C(C)C2. The molecule has 0 heterocycles. The van der Waals surface area contributed by atoms with Gasteiger partial charge in [-0.05, 0) is 24.0 Å². The molecular weight excluding hydrogens is 164 g/mol. The third-order valence-electron chi connectivity index (χ3n) is 2.69. The van der Waals surface area contributed by atoms with Crippen LogP contribution in [0, 0.1) is 0 Å². The van der Waals surface area contributed by atoms with E-state index < -0.39 is 0 Å². The largest absolute Gasteiger partial charge is 0.493 e. The first kappa shape index (κ1) is 8.42. The second-order valence-corrected chi connectivity index (χ2v) is 3.48.